The van der Waals surface area contributed by atoms with E-state index in [1.54, 1.807) is 23.3 Å². The van der Waals surface area contributed by atoms with E-state index in [9.17, 15) is 4.79 Å². The monoisotopic (exact) mass is 307 g/mol. The fourth-order valence-corrected chi connectivity index (χ4v) is 2.34. The SMILES string of the molecule is Cc1ccc(C(=O)NCc2cn(-c3ccncc3)nn2)c(C)c1. The highest BCUT2D eigenvalue weighted by atomic mass is 16.1. The van der Waals surface area contributed by atoms with Gasteiger partial charge < -0.3 is 5.32 Å². The van der Waals surface area contributed by atoms with Crippen LogP contribution in [0.25, 0.3) is 5.69 Å². The maximum absolute atomic E-state index is 12.3. The number of pyridine rings is 1. The lowest BCUT2D eigenvalue weighted by atomic mass is 10.1. The van der Waals surface area contributed by atoms with Crippen molar-refractivity contribution in [2.75, 3.05) is 0 Å². The predicted molar refractivity (Wildman–Crippen MR) is 86.2 cm³/mol. The third-order valence-electron chi connectivity index (χ3n) is 3.52. The maximum Gasteiger partial charge on any atom is 0.251 e. The molecule has 23 heavy (non-hydrogen) atoms. The number of hydrogen-bond donors (Lipinski definition) is 1. The van der Waals surface area contributed by atoms with Gasteiger partial charge in [0.1, 0.15) is 5.69 Å². The molecule has 3 aromatic rings. The number of nitrogens with one attached hydrogen (secondary N) is 1. The minimum absolute atomic E-state index is 0.110. The Hall–Kier alpha value is -3.02. The maximum atomic E-state index is 12.3. The van der Waals surface area contributed by atoms with E-state index in [-0.39, 0.29) is 5.91 Å². The van der Waals surface area contributed by atoms with Crippen molar-refractivity contribution in [1.82, 2.24) is 25.3 Å². The molecule has 0 bridgehead atoms. The van der Waals surface area contributed by atoms with Gasteiger partial charge in [-0.15, -0.1) is 5.10 Å². The van der Waals surface area contributed by atoms with Crippen LogP contribution < -0.4 is 5.32 Å². The van der Waals surface area contributed by atoms with Crippen LogP contribution in [0, 0.1) is 13.8 Å². The van der Waals surface area contributed by atoms with Crippen LogP contribution in [-0.2, 0) is 6.54 Å². The number of aryl methyl sites for hydroxylation is 2. The van der Waals surface area contributed by atoms with Gasteiger partial charge in [0, 0.05) is 18.0 Å². The highest BCUT2D eigenvalue weighted by molar-refractivity contribution is 5.95. The van der Waals surface area contributed by atoms with Crippen molar-refractivity contribution in [3.8, 4) is 5.69 Å². The number of rotatable bonds is 4. The molecular weight excluding hydrogens is 290 g/mol. The predicted octanol–water partition coefficient (Wildman–Crippen LogP) is 2.21. The van der Waals surface area contributed by atoms with E-state index in [0.29, 0.717) is 17.8 Å². The number of benzene rings is 1. The van der Waals surface area contributed by atoms with Crippen molar-refractivity contribution in [1.29, 1.82) is 0 Å². The van der Waals surface area contributed by atoms with E-state index < -0.39 is 0 Å². The molecule has 6 nitrogen and oxygen atoms in total. The molecule has 3 rings (SSSR count). The molecule has 0 atom stereocenters. The van der Waals surface area contributed by atoms with E-state index in [0.717, 1.165) is 16.8 Å². The summed E-state index contributed by atoms with van der Waals surface area (Å²) in [5.74, 6) is -0.110. The number of carbonyl (C=O) groups excluding carboxylic acids is 1. The number of nitrogens with zero attached hydrogens (tertiary/aromatic N) is 4. The second-order valence-electron chi connectivity index (χ2n) is 5.36. The highest BCUT2D eigenvalue weighted by Gasteiger charge is 2.10. The van der Waals surface area contributed by atoms with E-state index >= 15 is 0 Å². The van der Waals surface area contributed by atoms with Gasteiger partial charge in [-0.2, -0.15) is 0 Å². The summed E-state index contributed by atoms with van der Waals surface area (Å²) in [4.78, 5) is 16.2. The molecule has 0 spiro atoms. The molecule has 6 heteroatoms. The standard InChI is InChI=1S/C17H17N5O/c1-12-3-4-16(13(2)9-12)17(23)19-10-14-11-22(21-20-14)15-5-7-18-8-6-15/h3-9,11H,10H2,1-2H3,(H,19,23). The first kappa shape index (κ1) is 14.9. The van der Waals surface area contributed by atoms with Crippen LogP contribution in [0.3, 0.4) is 0 Å². The quantitative estimate of drug-likeness (QED) is 0.802. The van der Waals surface area contributed by atoms with Gasteiger partial charge in [-0.3, -0.25) is 9.78 Å². The van der Waals surface area contributed by atoms with Crippen molar-refractivity contribution >= 4 is 5.91 Å². The Balaban J connectivity index is 1.67. The minimum Gasteiger partial charge on any atom is -0.346 e. The molecule has 0 aliphatic carbocycles. The van der Waals surface area contributed by atoms with Crippen molar-refractivity contribution in [2.45, 2.75) is 20.4 Å². The fraction of sp³-hybridized carbons (Fsp3) is 0.176. The normalized spacial score (nSPS) is 10.5. The van der Waals surface area contributed by atoms with Crippen molar-refractivity contribution in [2.24, 2.45) is 0 Å². The average Bonchev–Trinajstić information content (AvgIpc) is 3.02. The second kappa shape index (κ2) is 6.39. The molecule has 116 valence electrons. The summed E-state index contributed by atoms with van der Waals surface area (Å²) in [5.41, 5.74) is 4.35. The van der Waals surface area contributed by atoms with Gasteiger partial charge in [-0.1, -0.05) is 22.9 Å². The van der Waals surface area contributed by atoms with E-state index in [1.807, 2.05) is 44.2 Å². The van der Waals surface area contributed by atoms with Gasteiger partial charge in [0.25, 0.3) is 5.91 Å². The molecule has 1 amide bonds. The van der Waals surface area contributed by atoms with Crippen LogP contribution in [0.2, 0.25) is 0 Å². The number of hydrogen-bond acceptors (Lipinski definition) is 4. The second-order valence-corrected chi connectivity index (χ2v) is 5.36. The zero-order valence-electron chi connectivity index (χ0n) is 13.0. The molecule has 0 aliphatic rings. The molecule has 2 aromatic heterocycles. The zero-order valence-corrected chi connectivity index (χ0v) is 13.0. The molecule has 0 fully saturated rings. The van der Waals surface area contributed by atoms with Crippen molar-refractivity contribution < 1.29 is 4.79 Å². The molecular formula is C17H17N5O. The topological polar surface area (TPSA) is 72.7 Å². The van der Waals surface area contributed by atoms with Crippen LogP contribution in [0.1, 0.15) is 27.2 Å². The highest BCUT2D eigenvalue weighted by Crippen LogP contribution is 2.11. The first-order valence-corrected chi connectivity index (χ1v) is 7.30. The average molecular weight is 307 g/mol. The van der Waals surface area contributed by atoms with Crippen LogP contribution in [-0.4, -0.2) is 25.9 Å². The third-order valence-corrected chi connectivity index (χ3v) is 3.52. The summed E-state index contributed by atoms with van der Waals surface area (Å²) in [6.07, 6.45) is 5.18. The summed E-state index contributed by atoms with van der Waals surface area (Å²) >= 11 is 0. The zero-order chi connectivity index (χ0) is 16.2. The molecule has 0 saturated heterocycles. The Bertz CT molecular complexity index is 826. The minimum atomic E-state index is -0.110. The molecule has 1 N–H and O–H groups in total. The van der Waals surface area contributed by atoms with Crippen molar-refractivity contribution in [3.05, 3.63) is 71.3 Å². The van der Waals surface area contributed by atoms with E-state index in [1.165, 1.54) is 0 Å². The van der Waals surface area contributed by atoms with Gasteiger partial charge in [-0.05, 0) is 37.6 Å². The van der Waals surface area contributed by atoms with Gasteiger partial charge in [0.2, 0.25) is 0 Å². The van der Waals surface area contributed by atoms with Crippen LogP contribution >= 0.6 is 0 Å². The molecule has 0 aliphatic heterocycles. The Kier molecular flexibility index (Phi) is 4.14. The molecule has 0 radical (unpaired) electrons. The lowest BCUT2D eigenvalue weighted by Crippen LogP contribution is -2.23. The van der Waals surface area contributed by atoms with E-state index in [2.05, 4.69) is 20.6 Å². The van der Waals surface area contributed by atoms with Crippen molar-refractivity contribution in [3.63, 3.8) is 0 Å². The summed E-state index contributed by atoms with van der Waals surface area (Å²) < 4.78 is 1.65. The van der Waals surface area contributed by atoms with Gasteiger partial charge in [-0.25, -0.2) is 4.68 Å². The van der Waals surface area contributed by atoms with Crippen LogP contribution in [0.4, 0.5) is 0 Å². The Morgan fingerprint density at radius 2 is 1.96 bits per heavy atom. The number of carbonyl (C=O) groups is 1. The summed E-state index contributed by atoms with van der Waals surface area (Å²) in [6.45, 7) is 4.27. The molecule has 0 unspecified atom stereocenters. The number of amides is 1. The smallest absolute Gasteiger partial charge is 0.251 e. The first-order valence-electron chi connectivity index (χ1n) is 7.30. The Morgan fingerprint density at radius 3 is 2.70 bits per heavy atom. The molecule has 2 heterocycles. The molecule has 0 saturated carbocycles. The van der Waals surface area contributed by atoms with Gasteiger partial charge >= 0.3 is 0 Å². The molecule has 1 aromatic carbocycles. The first-order chi connectivity index (χ1) is 11.1. The lowest BCUT2D eigenvalue weighted by molar-refractivity contribution is 0.0950. The van der Waals surface area contributed by atoms with Crippen LogP contribution in [0.5, 0.6) is 0 Å². The summed E-state index contributed by atoms with van der Waals surface area (Å²) in [5, 5.41) is 11.0. The summed E-state index contributed by atoms with van der Waals surface area (Å²) in [6, 6.07) is 9.45. The third kappa shape index (κ3) is 3.42. The Labute approximate surface area is 134 Å². The van der Waals surface area contributed by atoms with E-state index in [4.69, 9.17) is 0 Å². The fourth-order valence-electron chi connectivity index (χ4n) is 2.34. The van der Waals surface area contributed by atoms with Gasteiger partial charge in [0.05, 0.1) is 18.4 Å². The summed E-state index contributed by atoms with van der Waals surface area (Å²) in [7, 11) is 0. The Morgan fingerprint density at radius 1 is 1.17 bits per heavy atom. The van der Waals surface area contributed by atoms with Crippen LogP contribution in [0.15, 0.2) is 48.9 Å². The number of aromatic nitrogens is 4. The largest absolute Gasteiger partial charge is 0.346 e. The van der Waals surface area contributed by atoms with Gasteiger partial charge in [0.15, 0.2) is 0 Å². The lowest BCUT2D eigenvalue weighted by Gasteiger charge is -2.07.